The van der Waals surface area contributed by atoms with Gasteiger partial charge in [-0.15, -0.1) is 0 Å². The van der Waals surface area contributed by atoms with Gasteiger partial charge in [-0.25, -0.2) is 0 Å². The van der Waals surface area contributed by atoms with Crippen LogP contribution in [0.15, 0.2) is 35.3 Å². The summed E-state index contributed by atoms with van der Waals surface area (Å²) in [6.07, 6.45) is 1.74. The highest BCUT2D eigenvalue weighted by atomic mass is 16.5. The third-order valence-corrected chi connectivity index (χ3v) is 1.97. The molecule has 0 atom stereocenters. The molecule has 0 spiro atoms. The van der Waals surface area contributed by atoms with Gasteiger partial charge in [0.1, 0.15) is 0 Å². The van der Waals surface area contributed by atoms with Crippen molar-refractivity contribution in [2.75, 3.05) is 7.11 Å². The largest absolute Gasteiger partial charge is 0.501 e. The Morgan fingerprint density at radius 1 is 1.33 bits per heavy atom. The first-order chi connectivity index (χ1) is 5.54. The zero-order chi connectivity index (χ0) is 9.72. The monoisotopic (exact) mass is 167 g/mol. The molecule has 2 nitrogen and oxygen atoms in total. The highest BCUT2D eigenvalue weighted by molar-refractivity contribution is 5.36. The van der Waals surface area contributed by atoms with Crippen molar-refractivity contribution in [1.82, 2.24) is 0 Å². The first-order valence-corrected chi connectivity index (χ1v) is 3.85. The molecule has 2 N–H and O–H groups in total. The van der Waals surface area contributed by atoms with Crippen LogP contribution < -0.4 is 5.73 Å². The van der Waals surface area contributed by atoms with Gasteiger partial charge in [-0.1, -0.05) is 12.7 Å². The Morgan fingerprint density at radius 2 is 1.83 bits per heavy atom. The molecule has 12 heavy (non-hydrogen) atoms. The smallest absolute Gasteiger partial charge is 0.0974 e. The van der Waals surface area contributed by atoms with E-state index in [2.05, 4.69) is 6.58 Å². The molecule has 0 aliphatic rings. The van der Waals surface area contributed by atoms with Crippen LogP contribution in [0.4, 0.5) is 0 Å². The van der Waals surface area contributed by atoms with Gasteiger partial charge in [-0.3, -0.25) is 0 Å². The minimum atomic E-state index is 0.740. The molecule has 0 aliphatic heterocycles. The van der Waals surface area contributed by atoms with Gasteiger partial charge in [0.25, 0.3) is 0 Å². The summed E-state index contributed by atoms with van der Waals surface area (Å²) in [4.78, 5) is 0. The summed E-state index contributed by atoms with van der Waals surface area (Å²) in [6, 6.07) is 0. The fraction of sp³-hybridized carbons (Fsp3) is 0.400. The molecule has 0 rings (SSSR count). The number of allylic oxidation sites excluding steroid dienone is 4. The van der Waals surface area contributed by atoms with E-state index in [4.69, 9.17) is 10.5 Å². The number of rotatable bonds is 3. The van der Waals surface area contributed by atoms with Crippen molar-refractivity contribution in [2.45, 2.75) is 20.8 Å². The number of hydrogen-bond donors (Lipinski definition) is 1. The number of nitrogens with two attached hydrogens (primary N) is 1. The van der Waals surface area contributed by atoms with E-state index in [-0.39, 0.29) is 0 Å². The van der Waals surface area contributed by atoms with Gasteiger partial charge in [-0.05, 0) is 26.3 Å². The fourth-order valence-corrected chi connectivity index (χ4v) is 0.748. The maximum Gasteiger partial charge on any atom is 0.0974 e. The van der Waals surface area contributed by atoms with E-state index in [0.717, 1.165) is 22.6 Å². The molecule has 0 aromatic carbocycles. The highest BCUT2D eigenvalue weighted by Gasteiger charge is 2.01. The topological polar surface area (TPSA) is 35.2 Å². The summed E-state index contributed by atoms with van der Waals surface area (Å²) in [7, 11) is 1.63. The number of ether oxygens (including phenoxy) is 1. The Balaban J connectivity index is 4.94. The Morgan fingerprint density at radius 3 is 2.17 bits per heavy atom. The molecule has 2 heteroatoms. The van der Waals surface area contributed by atoms with E-state index < -0.39 is 0 Å². The summed E-state index contributed by atoms with van der Waals surface area (Å²) in [5.41, 5.74) is 8.50. The summed E-state index contributed by atoms with van der Waals surface area (Å²) < 4.78 is 5.06. The summed E-state index contributed by atoms with van der Waals surface area (Å²) in [5, 5.41) is 0. The predicted molar refractivity (Wildman–Crippen MR) is 52.5 cm³/mol. The Kier molecular flexibility index (Phi) is 4.19. The van der Waals surface area contributed by atoms with E-state index in [9.17, 15) is 0 Å². The van der Waals surface area contributed by atoms with Gasteiger partial charge in [0.15, 0.2) is 0 Å². The second-order valence-electron chi connectivity index (χ2n) is 2.69. The van der Waals surface area contributed by atoms with Gasteiger partial charge in [-0.2, -0.15) is 0 Å². The molecule has 0 amide bonds. The second-order valence-corrected chi connectivity index (χ2v) is 2.69. The third kappa shape index (κ3) is 2.46. The van der Waals surface area contributed by atoms with Gasteiger partial charge in [0, 0.05) is 11.3 Å². The van der Waals surface area contributed by atoms with Crippen LogP contribution in [0.1, 0.15) is 20.8 Å². The molecule has 0 saturated carbocycles. The number of methoxy groups -OCH3 is 1. The van der Waals surface area contributed by atoms with E-state index in [1.54, 1.807) is 13.2 Å². The Hall–Kier alpha value is -1.18. The first kappa shape index (κ1) is 10.8. The lowest BCUT2D eigenvalue weighted by molar-refractivity contribution is 0.289. The molecular weight excluding hydrogens is 150 g/mol. The van der Waals surface area contributed by atoms with Crippen molar-refractivity contribution in [3.05, 3.63) is 35.3 Å². The molecule has 68 valence electrons. The first-order valence-electron chi connectivity index (χ1n) is 3.85. The lowest BCUT2D eigenvalue weighted by atomic mass is 10.1. The minimum absolute atomic E-state index is 0.740. The van der Waals surface area contributed by atoms with Gasteiger partial charge in [0.05, 0.1) is 12.9 Å². The third-order valence-electron chi connectivity index (χ3n) is 1.97. The maximum atomic E-state index is 5.82. The summed E-state index contributed by atoms with van der Waals surface area (Å²) in [6.45, 7) is 9.39. The number of hydrogen-bond acceptors (Lipinski definition) is 2. The zero-order valence-electron chi connectivity index (χ0n) is 8.27. The Bertz CT molecular complexity index is 236. The van der Waals surface area contributed by atoms with Crippen molar-refractivity contribution in [1.29, 1.82) is 0 Å². The van der Waals surface area contributed by atoms with Crippen LogP contribution in [0.3, 0.4) is 0 Å². The van der Waals surface area contributed by atoms with Crippen LogP contribution in [-0.2, 0) is 4.74 Å². The maximum absolute atomic E-state index is 5.82. The molecule has 0 aromatic rings. The summed E-state index contributed by atoms with van der Waals surface area (Å²) >= 11 is 0. The molecule has 0 fully saturated rings. The zero-order valence-corrected chi connectivity index (χ0v) is 8.27. The van der Waals surface area contributed by atoms with E-state index in [1.165, 1.54) is 0 Å². The molecule has 0 bridgehead atoms. The van der Waals surface area contributed by atoms with Gasteiger partial charge < -0.3 is 10.5 Å². The minimum Gasteiger partial charge on any atom is -0.501 e. The van der Waals surface area contributed by atoms with E-state index >= 15 is 0 Å². The fourth-order valence-electron chi connectivity index (χ4n) is 0.748. The van der Waals surface area contributed by atoms with Crippen molar-refractivity contribution in [2.24, 2.45) is 5.73 Å². The Labute approximate surface area is 74.4 Å². The predicted octanol–water partition coefficient (Wildman–Crippen LogP) is 2.35. The van der Waals surface area contributed by atoms with E-state index in [0.29, 0.717) is 0 Å². The lowest BCUT2D eigenvalue weighted by Crippen LogP contribution is -2.04. The standard InChI is InChI=1S/C10H17NO/c1-6-7(2)10(11)8(3)9(4)12-5/h6H,1,11H2,2-5H3/b9-8+,10-7+. The quantitative estimate of drug-likeness (QED) is 0.517. The van der Waals surface area contributed by atoms with Crippen LogP contribution >= 0.6 is 0 Å². The summed E-state index contributed by atoms with van der Waals surface area (Å²) in [5.74, 6) is 0.841. The lowest BCUT2D eigenvalue weighted by Gasteiger charge is -2.08. The van der Waals surface area contributed by atoms with Crippen molar-refractivity contribution in [3.8, 4) is 0 Å². The second kappa shape index (κ2) is 4.65. The van der Waals surface area contributed by atoms with Crippen molar-refractivity contribution in [3.63, 3.8) is 0 Å². The molecule has 0 aromatic heterocycles. The van der Waals surface area contributed by atoms with Crippen molar-refractivity contribution < 1.29 is 4.74 Å². The van der Waals surface area contributed by atoms with Crippen LogP contribution in [0.2, 0.25) is 0 Å². The van der Waals surface area contributed by atoms with Crippen molar-refractivity contribution >= 4 is 0 Å². The molecule has 0 radical (unpaired) electrons. The molecular formula is C10H17NO. The van der Waals surface area contributed by atoms with Gasteiger partial charge >= 0.3 is 0 Å². The molecule has 0 heterocycles. The van der Waals surface area contributed by atoms with Gasteiger partial charge in [0.2, 0.25) is 0 Å². The molecule has 0 unspecified atom stereocenters. The van der Waals surface area contributed by atoms with Crippen LogP contribution in [0, 0.1) is 0 Å². The SMILES string of the molecule is C=C/C(C)=C(N)\C(C)=C(/C)OC. The van der Waals surface area contributed by atoms with Crippen LogP contribution in [0.25, 0.3) is 0 Å². The van der Waals surface area contributed by atoms with Crippen LogP contribution in [-0.4, -0.2) is 7.11 Å². The highest BCUT2D eigenvalue weighted by Crippen LogP contribution is 2.13. The normalized spacial score (nSPS) is 14.7. The average Bonchev–Trinajstić information content (AvgIpc) is 2.12. The molecule has 0 saturated heterocycles. The van der Waals surface area contributed by atoms with E-state index in [1.807, 2.05) is 20.8 Å². The average molecular weight is 167 g/mol. The van der Waals surface area contributed by atoms with Crippen LogP contribution in [0.5, 0.6) is 0 Å². The molecule has 0 aliphatic carbocycles.